The second kappa shape index (κ2) is 6.87. The van der Waals surface area contributed by atoms with Crippen LogP contribution in [0, 0.1) is 11.2 Å². The molecule has 28 heavy (non-hydrogen) atoms. The number of ether oxygens (including phenoxy) is 1. The average Bonchev–Trinajstić information content (AvgIpc) is 3.23. The summed E-state index contributed by atoms with van der Waals surface area (Å²) in [5, 5.41) is 0. The molecular weight excluding hydrogens is 355 g/mol. The molecule has 3 fully saturated rings. The number of fused-ring (bicyclic) bond motifs is 1. The highest BCUT2D eigenvalue weighted by Crippen LogP contribution is 2.54. The minimum Gasteiger partial charge on any atom is -0.490 e. The fraction of sp³-hybridized carbons (Fsp3) is 0.478. The van der Waals surface area contributed by atoms with Crippen LogP contribution in [-0.4, -0.2) is 27.9 Å². The van der Waals surface area contributed by atoms with Crippen molar-refractivity contribution >= 4 is 5.91 Å². The Labute approximate surface area is 164 Å². The molecule has 3 aliphatic rings. The average molecular weight is 380 g/mol. The molecule has 4 nitrogen and oxygen atoms in total. The van der Waals surface area contributed by atoms with E-state index in [9.17, 15) is 9.18 Å². The Morgan fingerprint density at radius 2 is 1.86 bits per heavy atom. The number of para-hydroxylation sites is 1. The summed E-state index contributed by atoms with van der Waals surface area (Å²) in [4.78, 5) is 19.5. The fourth-order valence-corrected chi connectivity index (χ4v) is 5.51. The first-order chi connectivity index (χ1) is 13.6. The second-order valence-electron chi connectivity index (χ2n) is 8.51. The molecule has 2 atom stereocenters. The van der Waals surface area contributed by atoms with Crippen LogP contribution in [-0.2, 0) is 4.79 Å². The summed E-state index contributed by atoms with van der Waals surface area (Å²) in [7, 11) is 0. The molecule has 2 saturated heterocycles. The Bertz CT molecular complexity index is 864. The van der Waals surface area contributed by atoms with Crippen molar-refractivity contribution in [3.63, 3.8) is 0 Å². The lowest BCUT2D eigenvalue weighted by molar-refractivity contribution is -0.140. The lowest BCUT2D eigenvalue weighted by Gasteiger charge is -2.36. The third kappa shape index (κ3) is 2.97. The molecule has 1 aromatic heterocycles. The molecule has 5 rings (SSSR count). The molecule has 0 bridgehead atoms. The first-order valence-electron chi connectivity index (χ1n) is 10.3. The fourth-order valence-electron chi connectivity index (χ4n) is 5.51. The number of carbonyl (C=O) groups excluding carboxylic acids is 1. The van der Waals surface area contributed by atoms with E-state index in [1.54, 1.807) is 6.20 Å². The molecule has 1 amide bonds. The van der Waals surface area contributed by atoms with E-state index in [1.807, 2.05) is 30.3 Å². The highest BCUT2D eigenvalue weighted by Gasteiger charge is 2.56. The summed E-state index contributed by atoms with van der Waals surface area (Å²) < 4.78 is 19.8. The van der Waals surface area contributed by atoms with Gasteiger partial charge in [0, 0.05) is 12.2 Å². The van der Waals surface area contributed by atoms with Crippen molar-refractivity contribution < 1.29 is 13.9 Å². The van der Waals surface area contributed by atoms with E-state index < -0.39 is 0 Å². The van der Waals surface area contributed by atoms with Crippen LogP contribution in [0.3, 0.4) is 0 Å². The van der Waals surface area contributed by atoms with Crippen LogP contribution in [0.25, 0.3) is 0 Å². The largest absolute Gasteiger partial charge is 0.490 e. The molecule has 2 aromatic rings. The zero-order valence-electron chi connectivity index (χ0n) is 15.9. The third-order valence-electron chi connectivity index (χ3n) is 6.86. The number of hydrogen-bond acceptors (Lipinski definition) is 3. The molecule has 3 heterocycles. The van der Waals surface area contributed by atoms with Crippen LogP contribution < -0.4 is 4.74 Å². The smallest absolute Gasteiger partial charge is 0.229 e. The first kappa shape index (κ1) is 17.7. The van der Waals surface area contributed by atoms with Gasteiger partial charge in [-0.3, -0.25) is 9.78 Å². The molecule has 1 aromatic carbocycles. The Kier molecular flexibility index (Phi) is 4.33. The van der Waals surface area contributed by atoms with Gasteiger partial charge in [-0.05, 0) is 68.7 Å². The number of hydrogen-bond donors (Lipinski definition) is 0. The first-order valence-corrected chi connectivity index (χ1v) is 10.3. The van der Waals surface area contributed by atoms with Gasteiger partial charge in [-0.15, -0.1) is 0 Å². The Morgan fingerprint density at radius 1 is 1.07 bits per heavy atom. The molecule has 0 radical (unpaired) electrons. The highest BCUT2D eigenvalue weighted by atomic mass is 19.1. The van der Waals surface area contributed by atoms with Gasteiger partial charge < -0.3 is 9.64 Å². The van der Waals surface area contributed by atoms with Gasteiger partial charge in [0.2, 0.25) is 5.91 Å². The number of rotatable bonds is 3. The summed E-state index contributed by atoms with van der Waals surface area (Å²) in [5.41, 5.74) is 0.578. The summed E-state index contributed by atoms with van der Waals surface area (Å²) in [6, 6.07) is 11.7. The Hall–Kier alpha value is -2.43. The lowest BCUT2D eigenvalue weighted by Crippen LogP contribution is -2.40. The summed E-state index contributed by atoms with van der Waals surface area (Å²) in [6.45, 7) is 0. The second-order valence-corrected chi connectivity index (χ2v) is 8.51. The van der Waals surface area contributed by atoms with Crippen LogP contribution in [0.4, 0.5) is 4.39 Å². The van der Waals surface area contributed by atoms with Crippen LogP contribution in [0.1, 0.15) is 56.6 Å². The maximum atomic E-state index is 13.7. The monoisotopic (exact) mass is 380 g/mol. The third-order valence-corrected chi connectivity index (χ3v) is 6.86. The van der Waals surface area contributed by atoms with E-state index in [0.29, 0.717) is 0 Å². The normalized spacial score (nSPS) is 32.0. The maximum absolute atomic E-state index is 13.7. The van der Waals surface area contributed by atoms with E-state index in [0.717, 1.165) is 56.3 Å². The van der Waals surface area contributed by atoms with E-state index in [2.05, 4.69) is 9.88 Å². The van der Waals surface area contributed by atoms with Gasteiger partial charge in [-0.2, -0.15) is 0 Å². The van der Waals surface area contributed by atoms with Crippen LogP contribution in [0.5, 0.6) is 5.75 Å². The van der Waals surface area contributed by atoms with Crippen LogP contribution in [0.15, 0.2) is 48.8 Å². The summed E-state index contributed by atoms with van der Waals surface area (Å²) >= 11 is 0. The van der Waals surface area contributed by atoms with Crippen molar-refractivity contribution in [1.29, 1.82) is 0 Å². The van der Waals surface area contributed by atoms with Gasteiger partial charge >= 0.3 is 0 Å². The Balaban J connectivity index is 1.29. The SMILES string of the molecule is O=C1N2C(CCC2c2cncc(F)c2)CC12CCC(Oc1ccccc1)CC2. The molecule has 0 N–H and O–H groups in total. The van der Waals surface area contributed by atoms with Crippen LogP contribution in [0.2, 0.25) is 0 Å². The number of amides is 1. The van der Waals surface area contributed by atoms with Gasteiger partial charge in [-0.1, -0.05) is 18.2 Å². The van der Waals surface area contributed by atoms with Crippen molar-refractivity contribution in [3.05, 3.63) is 60.2 Å². The molecule has 5 heteroatoms. The molecule has 2 unspecified atom stereocenters. The van der Waals surface area contributed by atoms with Gasteiger partial charge in [0.25, 0.3) is 0 Å². The van der Waals surface area contributed by atoms with E-state index in [1.165, 1.54) is 12.3 Å². The van der Waals surface area contributed by atoms with Crippen molar-refractivity contribution in [2.45, 2.75) is 63.1 Å². The topological polar surface area (TPSA) is 42.4 Å². The predicted octanol–water partition coefficient (Wildman–Crippen LogP) is 4.66. The van der Waals surface area contributed by atoms with Crippen molar-refractivity contribution in [3.8, 4) is 5.75 Å². The number of halogens is 1. The van der Waals surface area contributed by atoms with Crippen molar-refractivity contribution in [1.82, 2.24) is 9.88 Å². The number of nitrogens with zero attached hydrogens (tertiary/aromatic N) is 2. The van der Waals surface area contributed by atoms with Gasteiger partial charge in [0.05, 0.1) is 23.8 Å². The van der Waals surface area contributed by atoms with Crippen LogP contribution >= 0.6 is 0 Å². The van der Waals surface area contributed by atoms with E-state index in [4.69, 9.17) is 4.74 Å². The quantitative estimate of drug-likeness (QED) is 0.777. The maximum Gasteiger partial charge on any atom is 0.229 e. The van der Waals surface area contributed by atoms with Gasteiger partial charge in [-0.25, -0.2) is 4.39 Å². The Morgan fingerprint density at radius 3 is 2.61 bits per heavy atom. The van der Waals surface area contributed by atoms with Crippen molar-refractivity contribution in [2.24, 2.45) is 5.41 Å². The molecular formula is C23H25FN2O2. The van der Waals surface area contributed by atoms with E-state index >= 15 is 0 Å². The molecule has 1 saturated carbocycles. The van der Waals surface area contributed by atoms with Gasteiger partial charge in [0.15, 0.2) is 0 Å². The molecule has 1 spiro atoms. The molecule has 146 valence electrons. The van der Waals surface area contributed by atoms with Gasteiger partial charge in [0.1, 0.15) is 11.6 Å². The predicted molar refractivity (Wildman–Crippen MR) is 103 cm³/mol. The van der Waals surface area contributed by atoms with E-state index in [-0.39, 0.29) is 35.3 Å². The number of aromatic nitrogens is 1. The number of benzene rings is 1. The van der Waals surface area contributed by atoms with Crippen molar-refractivity contribution in [2.75, 3.05) is 0 Å². The molecule has 2 aliphatic heterocycles. The number of carbonyl (C=O) groups is 1. The standard InChI is InChI=1S/C23H25FN2O2/c24-17-12-16(14-25-15-17)21-7-6-18-13-23(22(27)26(18)21)10-8-20(9-11-23)28-19-4-2-1-3-5-19/h1-5,12,14-15,18,20-21H,6-11,13H2. The zero-order chi connectivity index (χ0) is 19.1. The minimum absolute atomic E-state index is 0.0293. The molecule has 1 aliphatic carbocycles. The highest BCUT2D eigenvalue weighted by molar-refractivity contribution is 5.86. The lowest BCUT2D eigenvalue weighted by atomic mass is 9.70. The summed E-state index contributed by atoms with van der Waals surface area (Å²) in [6.07, 6.45) is 9.52. The number of pyridine rings is 1. The minimum atomic E-state index is -0.333. The zero-order valence-corrected chi connectivity index (χ0v) is 15.9. The summed E-state index contributed by atoms with van der Waals surface area (Å²) in [5.74, 6) is 0.837.